The maximum absolute atomic E-state index is 6.36. The summed E-state index contributed by atoms with van der Waals surface area (Å²) < 4.78 is 1.66. The number of para-hydroxylation sites is 1. The standard InChI is InChI=1S/C18H20ClN9/c1-23-8-4-7-15(23)16-9-21-22-28(16)26-11-20-18-13-5-2-3-6-14(13)25-12-24(19)10-17(25)27(18)26/h2-3,5-6,9-11,15,18H,4,7-8,12H2,1H3. The van der Waals surface area contributed by atoms with Crippen molar-refractivity contribution < 1.29 is 0 Å². The minimum absolute atomic E-state index is 0.153. The largest absolute Gasteiger partial charge is 0.305 e. The number of nitrogens with zero attached hydrogens (tertiary/aromatic N) is 9. The van der Waals surface area contributed by atoms with Gasteiger partial charge in [0, 0.05) is 17.3 Å². The molecule has 28 heavy (non-hydrogen) atoms. The lowest BCUT2D eigenvalue weighted by Crippen LogP contribution is -2.52. The lowest BCUT2D eigenvalue weighted by molar-refractivity contribution is 0.213. The zero-order valence-corrected chi connectivity index (χ0v) is 16.2. The van der Waals surface area contributed by atoms with Crippen LogP contribution < -0.4 is 10.0 Å². The molecule has 1 aromatic carbocycles. The number of fused-ring (bicyclic) bond motifs is 6. The summed E-state index contributed by atoms with van der Waals surface area (Å²) >= 11 is 6.36. The molecular formula is C18H20ClN9. The van der Waals surface area contributed by atoms with Crippen molar-refractivity contribution in [1.29, 1.82) is 0 Å². The van der Waals surface area contributed by atoms with Crippen LogP contribution in [-0.4, -0.2) is 56.0 Å². The van der Waals surface area contributed by atoms with Crippen LogP contribution in [0.5, 0.6) is 0 Å². The van der Waals surface area contributed by atoms with Gasteiger partial charge in [-0.1, -0.05) is 18.2 Å². The van der Waals surface area contributed by atoms with Gasteiger partial charge in [-0.15, -0.1) is 9.89 Å². The molecule has 4 aliphatic heterocycles. The Kier molecular flexibility index (Phi) is 3.39. The van der Waals surface area contributed by atoms with Crippen LogP contribution in [-0.2, 0) is 0 Å². The minimum atomic E-state index is -0.153. The van der Waals surface area contributed by atoms with Gasteiger partial charge in [0.2, 0.25) is 0 Å². The van der Waals surface area contributed by atoms with E-state index in [1.807, 2.05) is 40.8 Å². The Bertz CT molecular complexity index is 985. The van der Waals surface area contributed by atoms with Gasteiger partial charge in [-0.05, 0) is 37.7 Å². The van der Waals surface area contributed by atoms with E-state index in [9.17, 15) is 0 Å². The summed E-state index contributed by atoms with van der Waals surface area (Å²) in [5, 5.41) is 12.7. The highest BCUT2D eigenvalue weighted by Gasteiger charge is 2.45. The summed E-state index contributed by atoms with van der Waals surface area (Å²) in [4.78, 5) is 11.2. The van der Waals surface area contributed by atoms with E-state index in [4.69, 9.17) is 16.8 Å². The summed E-state index contributed by atoms with van der Waals surface area (Å²) in [6.45, 7) is 1.67. The average molecular weight is 398 g/mol. The number of anilines is 1. The lowest BCUT2D eigenvalue weighted by Gasteiger charge is -2.42. The van der Waals surface area contributed by atoms with Gasteiger partial charge < -0.3 is 4.90 Å². The fraction of sp³-hybridized carbons (Fsp3) is 0.389. The third kappa shape index (κ3) is 2.14. The first-order valence-corrected chi connectivity index (χ1v) is 9.80. The number of likely N-dealkylation sites (tertiary alicyclic amines) is 1. The molecule has 2 aromatic rings. The number of aliphatic imine (C=N–C) groups is 1. The van der Waals surface area contributed by atoms with E-state index >= 15 is 0 Å². The van der Waals surface area contributed by atoms with Crippen LogP contribution in [0.25, 0.3) is 0 Å². The summed E-state index contributed by atoms with van der Waals surface area (Å²) in [6.07, 6.45) is 7.76. The lowest BCUT2D eigenvalue weighted by atomic mass is 10.1. The third-order valence-corrected chi connectivity index (χ3v) is 6.13. The van der Waals surface area contributed by atoms with Crippen molar-refractivity contribution in [3.63, 3.8) is 0 Å². The van der Waals surface area contributed by atoms with Crippen molar-refractivity contribution in [2.45, 2.75) is 25.0 Å². The Morgan fingerprint density at radius 1 is 1.21 bits per heavy atom. The molecule has 0 radical (unpaired) electrons. The number of hydrogen-bond donors (Lipinski definition) is 0. The van der Waals surface area contributed by atoms with Gasteiger partial charge in [0.1, 0.15) is 18.7 Å². The fourth-order valence-electron chi connectivity index (χ4n) is 4.61. The molecule has 1 fully saturated rings. The van der Waals surface area contributed by atoms with Crippen molar-refractivity contribution in [2.75, 3.05) is 30.3 Å². The zero-order valence-electron chi connectivity index (χ0n) is 15.4. The van der Waals surface area contributed by atoms with Gasteiger partial charge in [-0.25, -0.2) is 10.0 Å². The third-order valence-electron chi connectivity index (χ3n) is 5.93. The first-order chi connectivity index (χ1) is 13.7. The SMILES string of the molecule is CN1CCCC1c1cnnn1N1C=NC2c3ccccc3N3CN(Cl)C=C3N21. The van der Waals surface area contributed by atoms with E-state index in [0.29, 0.717) is 12.7 Å². The van der Waals surface area contributed by atoms with E-state index < -0.39 is 0 Å². The molecule has 2 unspecified atom stereocenters. The molecule has 0 bridgehead atoms. The van der Waals surface area contributed by atoms with Crippen LogP contribution in [0.15, 0.2) is 47.5 Å². The summed E-state index contributed by atoms with van der Waals surface area (Å²) in [5.74, 6) is 0.970. The Labute approximate surface area is 167 Å². The molecule has 144 valence electrons. The van der Waals surface area contributed by atoms with Crippen LogP contribution in [0.1, 0.15) is 36.3 Å². The second-order valence-corrected chi connectivity index (χ2v) is 7.94. The molecular weight excluding hydrogens is 378 g/mol. The highest BCUT2D eigenvalue weighted by molar-refractivity contribution is 6.14. The minimum Gasteiger partial charge on any atom is -0.305 e. The van der Waals surface area contributed by atoms with Crippen LogP contribution in [0.3, 0.4) is 0 Å². The summed E-state index contributed by atoms with van der Waals surface area (Å²) in [6, 6.07) is 8.63. The molecule has 5 heterocycles. The number of hydrazine groups is 1. The van der Waals surface area contributed by atoms with Gasteiger partial charge in [-0.2, -0.15) is 5.12 Å². The number of hydrogen-bond acceptors (Lipinski definition) is 8. The predicted molar refractivity (Wildman–Crippen MR) is 105 cm³/mol. The Balaban J connectivity index is 1.45. The maximum Gasteiger partial charge on any atom is 0.173 e. The Hall–Kier alpha value is -2.78. The van der Waals surface area contributed by atoms with Gasteiger partial charge in [0.15, 0.2) is 12.0 Å². The van der Waals surface area contributed by atoms with E-state index in [-0.39, 0.29) is 6.17 Å². The fourth-order valence-corrected chi connectivity index (χ4v) is 4.81. The monoisotopic (exact) mass is 397 g/mol. The van der Waals surface area contributed by atoms with Gasteiger partial charge in [-0.3, -0.25) is 9.32 Å². The molecule has 0 spiro atoms. The van der Waals surface area contributed by atoms with E-state index in [1.54, 1.807) is 4.42 Å². The second-order valence-electron chi connectivity index (χ2n) is 7.51. The summed E-state index contributed by atoms with van der Waals surface area (Å²) in [5.41, 5.74) is 3.34. The molecule has 0 saturated carbocycles. The van der Waals surface area contributed by atoms with Crippen molar-refractivity contribution in [2.24, 2.45) is 4.99 Å². The highest BCUT2D eigenvalue weighted by Crippen LogP contribution is 2.45. The maximum atomic E-state index is 6.36. The first kappa shape index (κ1) is 16.2. The van der Waals surface area contributed by atoms with Gasteiger partial charge >= 0.3 is 0 Å². The van der Waals surface area contributed by atoms with Crippen molar-refractivity contribution in [3.05, 3.63) is 53.7 Å². The molecule has 10 heteroatoms. The number of benzene rings is 1. The smallest absolute Gasteiger partial charge is 0.173 e. The van der Waals surface area contributed by atoms with E-state index in [2.05, 4.69) is 44.3 Å². The molecule has 9 nitrogen and oxygen atoms in total. The molecule has 0 aliphatic carbocycles. The summed E-state index contributed by atoms with van der Waals surface area (Å²) in [7, 11) is 2.15. The Morgan fingerprint density at radius 3 is 2.96 bits per heavy atom. The predicted octanol–water partition coefficient (Wildman–Crippen LogP) is 1.99. The van der Waals surface area contributed by atoms with Crippen molar-refractivity contribution in [3.8, 4) is 0 Å². The second kappa shape index (κ2) is 5.86. The molecule has 0 amide bonds. The number of aromatic nitrogens is 3. The molecule has 0 N–H and O–H groups in total. The van der Waals surface area contributed by atoms with Crippen LogP contribution >= 0.6 is 11.8 Å². The Morgan fingerprint density at radius 2 is 2.11 bits per heavy atom. The quantitative estimate of drug-likeness (QED) is 0.718. The topological polar surface area (TPSA) is 59.3 Å². The normalized spacial score (nSPS) is 26.0. The van der Waals surface area contributed by atoms with E-state index in [0.717, 1.165) is 35.7 Å². The van der Waals surface area contributed by atoms with Crippen LogP contribution in [0.4, 0.5) is 5.69 Å². The van der Waals surface area contributed by atoms with E-state index in [1.165, 1.54) is 6.42 Å². The van der Waals surface area contributed by atoms with Gasteiger partial charge in [0.05, 0.1) is 24.1 Å². The first-order valence-electron chi connectivity index (χ1n) is 9.46. The molecule has 6 rings (SSSR count). The number of rotatable bonds is 2. The number of halogens is 1. The molecule has 1 saturated heterocycles. The van der Waals surface area contributed by atoms with Crippen LogP contribution in [0.2, 0.25) is 0 Å². The highest BCUT2D eigenvalue weighted by atomic mass is 35.5. The van der Waals surface area contributed by atoms with Gasteiger partial charge in [0.25, 0.3) is 0 Å². The zero-order chi connectivity index (χ0) is 18.8. The van der Waals surface area contributed by atoms with Crippen LogP contribution in [0, 0.1) is 0 Å². The van der Waals surface area contributed by atoms with Crippen molar-refractivity contribution in [1.82, 2.24) is 29.4 Å². The molecule has 1 aromatic heterocycles. The van der Waals surface area contributed by atoms with Crippen molar-refractivity contribution >= 4 is 23.8 Å². The average Bonchev–Trinajstić information content (AvgIpc) is 3.46. The molecule has 4 aliphatic rings. The molecule has 2 atom stereocenters.